The van der Waals surface area contributed by atoms with Gasteiger partial charge in [0, 0.05) is 26.2 Å². The lowest BCUT2D eigenvalue weighted by atomic mass is 10.1. The topological polar surface area (TPSA) is 47.3 Å². The molecule has 0 aromatic carbocycles. The van der Waals surface area contributed by atoms with Crippen LogP contribution < -0.4 is 0 Å². The molecule has 0 radical (unpaired) electrons. The van der Waals surface area contributed by atoms with Crippen LogP contribution >= 0.6 is 0 Å². The maximum Gasteiger partial charge on any atom is 0.320 e. The summed E-state index contributed by atoms with van der Waals surface area (Å²) in [5.41, 5.74) is 0. The second kappa shape index (κ2) is 5.59. The summed E-state index contributed by atoms with van der Waals surface area (Å²) < 4.78 is 0. The Balaban J connectivity index is 2.47. The van der Waals surface area contributed by atoms with Crippen molar-refractivity contribution in [1.29, 1.82) is 5.26 Å². The number of hydrogen-bond acceptors (Lipinski definition) is 2. The zero-order chi connectivity index (χ0) is 11.3. The standard InChI is InChI=1S/C11H19N3O/c1-10(6-7-12)13(2)11(15)14-8-4-3-5-9-14/h10H,3-6,8-9H2,1-2H3. The van der Waals surface area contributed by atoms with Crippen LogP contribution in [0.2, 0.25) is 0 Å². The summed E-state index contributed by atoms with van der Waals surface area (Å²) >= 11 is 0. The van der Waals surface area contributed by atoms with Crippen molar-refractivity contribution < 1.29 is 4.79 Å². The molecule has 4 nitrogen and oxygen atoms in total. The van der Waals surface area contributed by atoms with Gasteiger partial charge >= 0.3 is 6.03 Å². The van der Waals surface area contributed by atoms with Crippen molar-refractivity contribution in [3.63, 3.8) is 0 Å². The first-order valence-corrected chi connectivity index (χ1v) is 5.55. The van der Waals surface area contributed by atoms with Gasteiger partial charge in [-0.25, -0.2) is 4.79 Å². The lowest BCUT2D eigenvalue weighted by Gasteiger charge is -2.33. The molecule has 1 fully saturated rings. The Morgan fingerprint density at radius 2 is 2.07 bits per heavy atom. The number of urea groups is 1. The predicted octanol–water partition coefficient (Wildman–Crippen LogP) is 1.83. The van der Waals surface area contributed by atoms with Crippen LogP contribution in [-0.2, 0) is 0 Å². The molecule has 1 aliphatic rings. The molecule has 0 aromatic heterocycles. The Morgan fingerprint density at radius 3 is 2.60 bits per heavy atom. The molecule has 1 unspecified atom stereocenters. The molecule has 84 valence electrons. The average molecular weight is 209 g/mol. The number of amides is 2. The summed E-state index contributed by atoms with van der Waals surface area (Å²) in [5.74, 6) is 0. The lowest BCUT2D eigenvalue weighted by Crippen LogP contribution is -2.46. The third-order valence-electron chi connectivity index (χ3n) is 2.98. The minimum absolute atomic E-state index is 0.00410. The smallest absolute Gasteiger partial charge is 0.320 e. The van der Waals surface area contributed by atoms with E-state index in [1.54, 1.807) is 11.9 Å². The van der Waals surface area contributed by atoms with E-state index in [1.165, 1.54) is 6.42 Å². The second-order valence-corrected chi connectivity index (χ2v) is 4.15. The summed E-state index contributed by atoms with van der Waals surface area (Å²) in [5, 5.41) is 8.58. The van der Waals surface area contributed by atoms with Crippen LogP contribution in [-0.4, -0.2) is 42.0 Å². The minimum atomic E-state index is 0.00410. The quantitative estimate of drug-likeness (QED) is 0.696. The fourth-order valence-electron chi connectivity index (χ4n) is 1.77. The number of carbonyl (C=O) groups excluding carboxylic acids is 1. The van der Waals surface area contributed by atoms with E-state index in [0.29, 0.717) is 6.42 Å². The molecule has 1 atom stereocenters. The van der Waals surface area contributed by atoms with Gasteiger partial charge in [-0.2, -0.15) is 5.26 Å². The third-order valence-corrected chi connectivity index (χ3v) is 2.98. The second-order valence-electron chi connectivity index (χ2n) is 4.15. The predicted molar refractivity (Wildman–Crippen MR) is 58.3 cm³/mol. The van der Waals surface area contributed by atoms with Crippen LogP contribution in [0.1, 0.15) is 32.6 Å². The van der Waals surface area contributed by atoms with Gasteiger partial charge < -0.3 is 9.80 Å². The molecule has 1 saturated heterocycles. The molecule has 1 heterocycles. The molecule has 0 N–H and O–H groups in total. The summed E-state index contributed by atoms with van der Waals surface area (Å²) in [6.45, 7) is 3.63. The lowest BCUT2D eigenvalue weighted by molar-refractivity contribution is 0.141. The van der Waals surface area contributed by atoms with Crippen LogP contribution in [0.5, 0.6) is 0 Å². The molecule has 2 amide bonds. The van der Waals surface area contributed by atoms with Gasteiger partial charge in [0.2, 0.25) is 0 Å². The maximum atomic E-state index is 12.0. The van der Waals surface area contributed by atoms with Crippen LogP contribution in [0.3, 0.4) is 0 Å². The zero-order valence-electron chi connectivity index (χ0n) is 9.57. The molecule has 1 rings (SSSR count). The molecular formula is C11H19N3O. The van der Waals surface area contributed by atoms with E-state index in [0.717, 1.165) is 25.9 Å². The Bertz CT molecular complexity index is 253. The van der Waals surface area contributed by atoms with Crippen molar-refractivity contribution in [3.8, 4) is 6.07 Å². The van der Waals surface area contributed by atoms with Gasteiger partial charge in [0.05, 0.1) is 12.5 Å². The molecule has 0 bridgehead atoms. The highest BCUT2D eigenvalue weighted by Crippen LogP contribution is 2.12. The number of nitrogens with zero attached hydrogens (tertiary/aromatic N) is 3. The maximum absolute atomic E-state index is 12.0. The van der Waals surface area contributed by atoms with Gasteiger partial charge in [-0.1, -0.05) is 0 Å². The van der Waals surface area contributed by atoms with Crippen molar-refractivity contribution in [3.05, 3.63) is 0 Å². The molecule has 0 saturated carbocycles. The summed E-state index contributed by atoms with van der Waals surface area (Å²) in [4.78, 5) is 15.5. The van der Waals surface area contributed by atoms with Crippen LogP contribution in [0, 0.1) is 11.3 Å². The van der Waals surface area contributed by atoms with Gasteiger partial charge in [-0.15, -0.1) is 0 Å². The fraction of sp³-hybridized carbons (Fsp3) is 0.818. The van der Waals surface area contributed by atoms with E-state index in [9.17, 15) is 4.79 Å². The van der Waals surface area contributed by atoms with Gasteiger partial charge in [0.15, 0.2) is 0 Å². The zero-order valence-corrected chi connectivity index (χ0v) is 9.57. The van der Waals surface area contributed by atoms with Gasteiger partial charge in [-0.3, -0.25) is 0 Å². The largest absolute Gasteiger partial charge is 0.325 e. The van der Waals surface area contributed by atoms with E-state index < -0.39 is 0 Å². The molecular weight excluding hydrogens is 190 g/mol. The highest BCUT2D eigenvalue weighted by molar-refractivity contribution is 5.74. The number of hydrogen-bond donors (Lipinski definition) is 0. The molecule has 0 aliphatic carbocycles. The molecule has 15 heavy (non-hydrogen) atoms. The highest BCUT2D eigenvalue weighted by atomic mass is 16.2. The fourth-order valence-corrected chi connectivity index (χ4v) is 1.77. The molecule has 0 aromatic rings. The van der Waals surface area contributed by atoms with Crippen molar-refractivity contribution in [1.82, 2.24) is 9.80 Å². The minimum Gasteiger partial charge on any atom is -0.325 e. The average Bonchev–Trinajstić information content (AvgIpc) is 2.28. The van der Waals surface area contributed by atoms with Crippen molar-refractivity contribution in [2.24, 2.45) is 0 Å². The van der Waals surface area contributed by atoms with Crippen LogP contribution in [0.25, 0.3) is 0 Å². The highest BCUT2D eigenvalue weighted by Gasteiger charge is 2.22. The first-order valence-electron chi connectivity index (χ1n) is 5.55. The first-order chi connectivity index (χ1) is 7.16. The third kappa shape index (κ3) is 3.12. The first kappa shape index (κ1) is 11.8. The molecule has 1 aliphatic heterocycles. The molecule has 0 spiro atoms. The Hall–Kier alpha value is -1.24. The Labute approximate surface area is 91.5 Å². The summed E-state index contributed by atoms with van der Waals surface area (Å²) in [6.07, 6.45) is 3.83. The van der Waals surface area contributed by atoms with E-state index in [4.69, 9.17) is 5.26 Å². The van der Waals surface area contributed by atoms with E-state index >= 15 is 0 Å². The summed E-state index contributed by atoms with van der Waals surface area (Å²) in [6, 6.07) is 2.16. The number of piperidine rings is 1. The van der Waals surface area contributed by atoms with Gasteiger partial charge in [0.1, 0.15) is 0 Å². The van der Waals surface area contributed by atoms with E-state index in [2.05, 4.69) is 6.07 Å². The van der Waals surface area contributed by atoms with Gasteiger partial charge in [-0.05, 0) is 26.2 Å². The van der Waals surface area contributed by atoms with Crippen LogP contribution in [0.15, 0.2) is 0 Å². The van der Waals surface area contributed by atoms with Gasteiger partial charge in [0.25, 0.3) is 0 Å². The van der Waals surface area contributed by atoms with E-state index in [1.807, 2.05) is 11.8 Å². The van der Waals surface area contributed by atoms with Crippen molar-refractivity contribution in [2.45, 2.75) is 38.6 Å². The van der Waals surface area contributed by atoms with Crippen molar-refractivity contribution in [2.75, 3.05) is 20.1 Å². The monoisotopic (exact) mass is 209 g/mol. The number of rotatable bonds is 2. The normalized spacial score (nSPS) is 18.1. The van der Waals surface area contributed by atoms with E-state index in [-0.39, 0.29) is 12.1 Å². The summed E-state index contributed by atoms with van der Waals surface area (Å²) in [7, 11) is 1.78. The van der Waals surface area contributed by atoms with Crippen LogP contribution in [0.4, 0.5) is 4.79 Å². The number of nitriles is 1. The number of carbonyl (C=O) groups is 1. The van der Waals surface area contributed by atoms with Crippen molar-refractivity contribution >= 4 is 6.03 Å². The Morgan fingerprint density at radius 1 is 1.47 bits per heavy atom. The molecule has 4 heteroatoms. The number of likely N-dealkylation sites (tertiary alicyclic amines) is 1. The SMILES string of the molecule is CC(CC#N)N(C)C(=O)N1CCCCC1. The Kier molecular flexibility index (Phi) is 4.41.